The van der Waals surface area contributed by atoms with Crippen LogP contribution in [0.4, 0.5) is 8.78 Å². The monoisotopic (exact) mass is 433 g/mol. The van der Waals surface area contributed by atoms with Gasteiger partial charge in [0.1, 0.15) is 0 Å². The molecule has 2 aromatic carbocycles. The minimum absolute atomic E-state index is 0. The van der Waals surface area contributed by atoms with Crippen LogP contribution < -0.4 is 0 Å². The maximum atomic E-state index is 13.2. The molecule has 0 N–H and O–H groups in total. The molecule has 1 radical (unpaired) electrons. The molecule has 0 saturated heterocycles. The second-order valence-electron chi connectivity index (χ2n) is 3.94. The number of para-hydroxylation sites is 1. The zero-order valence-corrected chi connectivity index (χ0v) is 12.1. The van der Waals surface area contributed by atoms with Crippen molar-refractivity contribution in [3.63, 3.8) is 0 Å². The third-order valence-corrected chi connectivity index (χ3v) is 2.72. The van der Waals surface area contributed by atoms with Crippen molar-refractivity contribution >= 4 is 10.9 Å². The van der Waals surface area contributed by atoms with Crippen molar-refractivity contribution in [3.8, 4) is 11.1 Å². The van der Waals surface area contributed by atoms with E-state index in [1.54, 1.807) is 12.3 Å². The Labute approximate surface area is 122 Å². The minimum Gasteiger partial charge on any atom is -0.266 e. The molecule has 1 heterocycles. The van der Waals surface area contributed by atoms with E-state index in [2.05, 4.69) is 11.1 Å². The van der Waals surface area contributed by atoms with E-state index in [9.17, 15) is 8.78 Å². The fraction of sp³-hybridized carbons (Fsp3) is 0. The molecule has 0 saturated carbocycles. The Morgan fingerprint density at radius 3 is 2.58 bits per heavy atom. The number of fused-ring (bicyclic) bond motifs is 1. The molecule has 0 unspecified atom stereocenters. The van der Waals surface area contributed by atoms with Gasteiger partial charge in [-0.15, -0.1) is 17.7 Å². The average Bonchev–Trinajstić information content (AvgIpc) is 2.37. The van der Waals surface area contributed by atoms with E-state index in [0.717, 1.165) is 11.5 Å². The Balaban J connectivity index is 0.00000133. The standard InChI is InChI=1S/C15H8F2N.Ir/c16-12-7-11(8-13(17)9-12)14-5-1-3-10-4-2-6-18-15(10)14;/h1-7,9H;/q-1;. The fourth-order valence-corrected chi connectivity index (χ4v) is 1.97. The normalized spacial score (nSPS) is 10.2. The molecule has 1 nitrogen and oxygen atoms in total. The van der Waals surface area contributed by atoms with Crippen LogP contribution >= 0.6 is 0 Å². The van der Waals surface area contributed by atoms with E-state index in [0.29, 0.717) is 16.6 Å². The molecule has 0 fully saturated rings. The number of halogens is 2. The Bertz CT molecular complexity index is 703. The summed E-state index contributed by atoms with van der Waals surface area (Å²) in [7, 11) is 0. The molecule has 19 heavy (non-hydrogen) atoms. The Morgan fingerprint density at radius 1 is 1.00 bits per heavy atom. The second kappa shape index (κ2) is 5.55. The van der Waals surface area contributed by atoms with Crippen LogP contribution in [0.5, 0.6) is 0 Å². The second-order valence-corrected chi connectivity index (χ2v) is 3.94. The van der Waals surface area contributed by atoms with E-state index < -0.39 is 11.6 Å². The summed E-state index contributed by atoms with van der Waals surface area (Å²) in [6.07, 6.45) is 1.65. The van der Waals surface area contributed by atoms with Gasteiger partial charge in [-0.3, -0.25) is 4.98 Å². The van der Waals surface area contributed by atoms with Crippen molar-refractivity contribution in [1.82, 2.24) is 4.98 Å². The summed E-state index contributed by atoms with van der Waals surface area (Å²) in [5, 5.41) is 0.924. The van der Waals surface area contributed by atoms with Gasteiger partial charge in [0.25, 0.3) is 0 Å². The van der Waals surface area contributed by atoms with Crippen LogP contribution in [0.2, 0.25) is 0 Å². The van der Waals surface area contributed by atoms with Crippen LogP contribution in [0.15, 0.2) is 48.7 Å². The zero-order chi connectivity index (χ0) is 12.5. The van der Waals surface area contributed by atoms with E-state index >= 15 is 0 Å². The van der Waals surface area contributed by atoms with Crippen LogP contribution in [0.1, 0.15) is 0 Å². The van der Waals surface area contributed by atoms with Crippen molar-refractivity contribution in [2.75, 3.05) is 0 Å². The van der Waals surface area contributed by atoms with E-state index in [4.69, 9.17) is 0 Å². The number of pyridine rings is 1. The summed E-state index contributed by atoms with van der Waals surface area (Å²) >= 11 is 0. The SMILES string of the molecule is Fc1[c-]c(-c2cccc3cccnc23)cc(F)c1.[Ir]. The number of nitrogens with zero attached hydrogens (tertiary/aromatic N) is 1. The van der Waals surface area contributed by atoms with Gasteiger partial charge in [0, 0.05) is 43.5 Å². The van der Waals surface area contributed by atoms with Gasteiger partial charge in [-0.1, -0.05) is 35.9 Å². The van der Waals surface area contributed by atoms with Crippen molar-refractivity contribution in [1.29, 1.82) is 0 Å². The van der Waals surface area contributed by atoms with Gasteiger partial charge in [0.15, 0.2) is 0 Å². The van der Waals surface area contributed by atoms with Gasteiger partial charge >= 0.3 is 0 Å². The summed E-state index contributed by atoms with van der Waals surface area (Å²) < 4.78 is 26.4. The Kier molecular flexibility index (Phi) is 4.03. The summed E-state index contributed by atoms with van der Waals surface area (Å²) in [6, 6.07) is 13.8. The molecular formula is C15H8F2IrN-. The predicted molar refractivity (Wildman–Crippen MR) is 65.9 cm³/mol. The zero-order valence-electron chi connectivity index (χ0n) is 9.66. The molecule has 0 spiro atoms. The largest absolute Gasteiger partial charge is 0.266 e. The maximum absolute atomic E-state index is 13.2. The van der Waals surface area contributed by atoms with Crippen molar-refractivity contribution in [2.24, 2.45) is 0 Å². The van der Waals surface area contributed by atoms with Crippen LogP contribution in [0.25, 0.3) is 22.0 Å². The molecule has 0 bridgehead atoms. The number of aromatic nitrogens is 1. The van der Waals surface area contributed by atoms with Gasteiger partial charge in [-0.25, -0.2) is 8.78 Å². The maximum Gasteiger partial charge on any atom is 0.0445 e. The van der Waals surface area contributed by atoms with E-state index in [1.165, 1.54) is 6.07 Å². The summed E-state index contributed by atoms with van der Waals surface area (Å²) in [5.41, 5.74) is 1.75. The first kappa shape index (κ1) is 13.8. The van der Waals surface area contributed by atoms with Gasteiger partial charge in [-0.2, -0.15) is 0 Å². The molecule has 0 amide bonds. The van der Waals surface area contributed by atoms with Crippen LogP contribution in [0.3, 0.4) is 0 Å². The Hall–Kier alpha value is -1.64. The molecule has 3 rings (SSSR count). The molecular weight excluding hydrogens is 424 g/mol. The summed E-state index contributed by atoms with van der Waals surface area (Å²) in [4.78, 5) is 4.25. The average molecular weight is 432 g/mol. The smallest absolute Gasteiger partial charge is 0.0445 e. The fourth-order valence-electron chi connectivity index (χ4n) is 1.97. The molecule has 3 aromatic rings. The van der Waals surface area contributed by atoms with E-state index in [-0.39, 0.29) is 20.1 Å². The summed E-state index contributed by atoms with van der Waals surface area (Å²) in [6.45, 7) is 0. The number of hydrogen-bond acceptors (Lipinski definition) is 1. The van der Waals surface area contributed by atoms with Crippen molar-refractivity contribution in [2.45, 2.75) is 0 Å². The van der Waals surface area contributed by atoms with Crippen LogP contribution in [-0.2, 0) is 20.1 Å². The van der Waals surface area contributed by atoms with Crippen molar-refractivity contribution in [3.05, 3.63) is 66.4 Å². The third-order valence-electron chi connectivity index (χ3n) is 2.72. The Morgan fingerprint density at radius 2 is 1.79 bits per heavy atom. The molecule has 0 aliphatic heterocycles. The quantitative estimate of drug-likeness (QED) is 0.531. The molecule has 0 atom stereocenters. The van der Waals surface area contributed by atoms with Crippen molar-refractivity contribution < 1.29 is 28.9 Å². The van der Waals surface area contributed by atoms with Gasteiger partial charge < -0.3 is 0 Å². The first-order valence-corrected chi connectivity index (χ1v) is 5.46. The van der Waals surface area contributed by atoms with Crippen LogP contribution in [-0.4, -0.2) is 4.98 Å². The van der Waals surface area contributed by atoms with Gasteiger partial charge in [0.05, 0.1) is 0 Å². The number of benzene rings is 2. The van der Waals surface area contributed by atoms with E-state index in [1.807, 2.05) is 24.3 Å². The topological polar surface area (TPSA) is 12.9 Å². The van der Waals surface area contributed by atoms with Gasteiger partial charge in [-0.05, 0) is 11.5 Å². The summed E-state index contributed by atoms with van der Waals surface area (Å²) in [5.74, 6) is -1.33. The number of hydrogen-bond donors (Lipinski definition) is 0. The minimum atomic E-state index is -0.710. The first-order chi connectivity index (χ1) is 8.74. The molecule has 0 aliphatic rings. The molecule has 0 aliphatic carbocycles. The molecule has 1 aromatic heterocycles. The predicted octanol–water partition coefficient (Wildman–Crippen LogP) is 3.98. The van der Waals surface area contributed by atoms with Crippen LogP contribution in [0, 0.1) is 17.7 Å². The molecule has 4 heteroatoms. The first-order valence-electron chi connectivity index (χ1n) is 5.46. The third kappa shape index (κ3) is 2.70. The molecule has 97 valence electrons. The number of rotatable bonds is 1. The van der Waals surface area contributed by atoms with Gasteiger partial charge in [0.2, 0.25) is 0 Å².